The first-order chi connectivity index (χ1) is 11.0. The van der Waals surface area contributed by atoms with Crippen molar-refractivity contribution in [2.45, 2.75) is 26.2 Å². The number of hydrogen-bond acceptors (Lipinski definition) is 2. The maximum atomic E-state index is 6.17. The number of furan rings is 1. The molecule has 114 valence electrons. The van der Waals surface area contributed by atoms with Crippen LogP contribution in [0, 0.1) is 0 Å². The minimum atomic E-state index is 0.121. The fourth-order valence-electron chi connectivity index (χ4n) is 2.99. The van der Waals surface area contributed by atoms with Crippen molar-refractivity contribution in [3.8, 4) is 11.3 Å². The topological polar surface area (TPSA) is 26.0 Å². The second kappa shape index (κ2) is 4.95. The highest BCUT2D eigenvalue weighted by Gasteiger charge is 2.17. The highest BCUT2D eigenvalue weighted by Crippen LogP contribution is 2.36. The van der Waals surface area contributed by atoms with Gasteiger partial charge < -0.3 is 4.42 Å². The van der Waals surface area contributed by atoms with Crippen LogP contribution in [0.4, 0.5) is 0 Å². The monoisotopic (exact) mass is 301 g/mol. The molecule has 0 N–H and O–H groups in total. The summed E-state index contributed by atoms with van der Waals surface area (Å²) in [6.07, 6.45) is 1.81. The molecule has 0 saturated heterocycles. The molecule has 2 aromatic carbocycles. The van der Waals surface area contributed by atoms with Gasteiger partial charge in [0.2, 0.25) is 0 Å². The first-order valence-electron chi connectivity index (χ1n) is 7.91. The predicted molar refractivity (Wildman–Crippen MR) is 95.7 cm³/mol. The largest absolute Gasteiger partial charge is 0.455 e. The van der Waals surface area contributed by atoms with Crippen molar-refractivity contribution in [2.75, 3.05) is 0 Å². The smallest absolute Gasteiger partial charge is 0.144 e. The summed E-state index contributed by atoms with van der Waals surface area (Å²) in [6, 6.07) is 18.7. The summed E-state index contributed by atoms with van der Waals surface area (Å²) in [7, 11) is 0. The number of nitrogens with zero attached hydrogens (tertiary/aromatic N) is 1. The molecule has 0 aliphatic carbocycles. The van der Waals surface area contributed by atoms with E-state index in [1.807, 2.05) is 24.4 Å². The van der Waals surface area contributed by atoms with E-state index in [2.05, 4.69) is 62.2 Å². The van der Waals surface area contributed by atoms with Crippen molar-refractivity contribution in [1.29, 1.82) is 0 Å². The van der Waals surface area contributed by atoms with Gasteiger partial charge in [0.05, 0.1) is 5.69 Å². The van der Waals surface area contributed by atoms with E-state index in [1.165, 1.54) is 10.9 Å². The van der Waals surface area contributed by atoms with E-state index in [1.54, 1.807) is 0 Å². The number of fused-ring (bicyclic) bond motifs is 3. The van der Waals surface area contributed by atoms with E-state index in [-0.39, 0.29) is 5.41 Å². The number of benzene rings is 2. The second-order valence-corrected chi connectivity index (χ2v) is 6.96. The third-order valence-electron chi connectivity index (χ3n) is 4.30. The standard InChI is InChI=1S/C21H19NO/c1-21(2,3)14-10-11-19-17(13-14)15-7-6-8-16(20(15)23-19)18-9-4-5-12-22-18/h4-13H,1-3H3. The van der Waals surface area contributed by atoms with E-state index < -0.39 is 0 Å². The zero-order chi connectivity index (χ0) is 16.0. The van der Waals surface area contributed by atoms with Gasteiger partial charge in [-0.1, -0.05) is 45.0 Å². The summed E-state index contributed by atoms with van der Waals surface area (Å²) in [6.45, 7) is 6.70. The highest BCUT2D eigenvalue weighted by atomic mass is 16.3. The van der Waals surface area contributed by atoms with Gasteiger partial charge in [-0.15, -0.1) is 0 Å². The molecule has 0 atom stereocenters. The van der Waals surface area contributed by atoms with Gasteiger partial charge in [0.25, 0.3) is 0 Å². The summed E-state index contributed by atoms with van der Waals surface area (Å²) in [4.78, 5) is 4.47. The van der Waals surface area contributed by atoms with Gasteiger partial charge in [-0.2, -0.15) is 0 Å². The molecule has 4 aromatic rings. The maximum Gasteiger partial charge on any atom is 0.144 e. The normalized spacial score (nSPS) is 12.1. The lowest BCUT2D eigenvalue weighted by Crippen LogP contribution is -2.10. The molecule has 0 aliphatic rings. The van der Waals surface area contributed by atoms with Gasteiger partial charge in [0, 0.05) is 22.5 Å². The molecule has 0 bridgehead atoms. The fraction of sp³-hybridized carbons (Fsp3) is 0.190. The molecule has 2 heterocycles. The molecule has 0 unspecified atom stereocenters. The Kier molecular flexibility index (Phi) is 3.02. The molecule has 0 radical (unpaired) electrons. The second-order valence-electron chi connectivity index (χ2n) is 6.96. The third-order valence-corrected chi connectivity index (χ3v) is 4.30. The Labute approximate surface area is 135 Å². The van der Waals surface area contributed by atoms with Crippen molar-refractivity contribution in [1.82, 2.24) is 4.98 Å². The third kappa shape index (κ3) is 2.31. The van der Waals surface area contributed by atoms with Crippen LogP contribution in [-0.4, -0.2) is 4.98 Å². The van der Waals surface area contributed by atoms with Crippen LogP contribution in [0.5, 0.6) is 0 Å². The Bertz CT molecular complexity index is 991. The first kappa shape index (κ1) is 14.0. The molecule has 4 rings (SSSR count). The number of para-hydroxylation sites is 1. The van der Waals surface area contributed by atoms with Crippen LogP contribution >= 0.6 is 0 Å². The number of pyridine rings is 1. The molecule has 2 heteroatoms. The van der Waals surface area contributed by atoms with Crippen LogP contribution in [0.1, 0.15) is 26.3 Å². The number of hydrogen-bond donors (Lipinski definition) is 0. The molecule has 0 spiro atoms. The zero-order valence-corrected chi connectivity index (χ0v) is 13.6. The summed E-state index contributed by atoms with van der Waals surface area (Å²) in [5.41, 5.74) is 5.25. The Hall–Kier alpha value is -2.61. The van der Waals surface area contributed by atoms with Crippen molar-refractivity contribution in [3.05, 3.63) is 66.4 Å². The minimum Gasteiger partial charge on any atom is -0.455 e. The molecule has 0 aliphatic heterocycles. The maximum absolute atomic E-state index is 6.17. The number of aromatic nitrogens is 1. The van der Waals surface area contributed by atoms with E-state index in [4.69, 9.17) is 4.42 Å². The van der Waals surface area contributed by atoms with Crippen LogP contribution in [0.25, 0.3) is 33.2 Å². The zero-order valence-electron chi connectivity index (χ0n) is 13.6. The van der Waals surface area contributed by atoms with E-state index in [0.717, 1.165) is 27.8 Å². The Morgan fingerprint density at radius 2 is 1.74 bits per heavy atom. The SMILES string of the molecule is CC(C)(C)c1ccc2oc3c(-c4ccccn4)cccc3c2c1. The lowest BCUT2D eigenvalue weighted by Gasteiger charge is -2.18. The van der Waals surface area contributed by atoms with Gasteiger partial charge in [-0.05, 0) is 41.3 Å². The first-order valence-corrected chi connectivity index (χ1v) is 7.91. The van der Waals surface area contributed by atoms with Crippen molar-refractivity contribution in [3.63, 3.8) is 0 Å². The molecule has 23 heavy (non-hydrogen) atoms. The van der Waals surface area contributed by atoms with Crippen molar-refractivity contribution in [2.24, 2.45) is 0 Å². The molecule has 2 nitrogen and oxygen atoms in total. The quantitative estimate of drug-likeness (QED) is 0.434. The highest BCUT2D eigenvalue weighted by molar-refractivity contribution is 6.09. The molecule has 0 fully saturated rings. The van der Waals surface area contributed by atoms with Gasteiger partial charge in [-0.3, -0.25) is 4.98 Å². The minimum absolute atomic E-state index is 0.121. The van der Waals surface area contributed by atoms with Gasteiger partial charge >= 0.3 is 0 Å². The lowest BCUT2D eigenvalue weighted by atomic mass is 9.86. The Morgan fingerprint density at radius 3 is 2.48 bits per heavy atom. The molecule has 0 amide bonds. The summed E-state index contributed by atoms with van der Waals surface area (Å²) < 4.78 is 6.17. The molecular formula is C21H19NO. The number of rotatable bonds is 1. The van der Waals surface area contributed by atoms with Crippen molar-refractivity contribution < 1.29 is 4.42 Å². The van der Waals surface area contributed by atoms with Crippen LogP contribution < -0.4 is 0 Å². The van der Waals surface area contributed by atoms with Crippen LogP contribution in [0.3, 0.4) is 0 Å². The molecular weight excluding hydrogens is 282 g/mol. The van der Waals surface area contributed by atoms with Gasteiger partial charge in [0.1, 0.15) is 11.2 Å². The van der Waals surface area contributed by atoms with Crippen molar-refractivity contribution >= 4 is 21.9 Å². The van der Waals surface area contributed by atoms with Crippen LogP contribution in [-0.2, 0) is 5.41 Å². The summed E-state index contributed by atoms with van der Waals surface area (Å²) in [5.74, 6) is 0. The molecule has 2 aromatic heterocycles. The summed E-state index contributed by atoms with van der Waals surface area (Å²) in [5, 5.41) is 2.32. The van der Waals surface area contributed by atoms with Crippen LogP contribution in [0.2, 0.25) is 0 Å². The Morgan fingerprint density at radius 1 is 0.870 bits per heavy atom. The predicted octanol–water partition coefficient (Wildman–Crippen LogP) is 5.95. The molecule has 0 saturated carbocycles. The average Bonchev–Trinajstić information content (AvgIpc) is 2.92. The van der Waals surface area contributed by atoms with Gasteiger partial charge in [-0.25, -0.2) is 0 Å². The summed E-state index contributed by atoms with van der Waals surface area (Å²) >= 11 is 0. The Balaban J connectivity index is 2.03. The van der Waals surface area contributed by atoms with E-state index in [0.29, 0.717) is 0 Å². The van der Waals surface area contributed by atoms with E-state index >= 15 is 0 Å². The van der Waals surface area contributed by atoms with E-state index in [9.17, 15) is 0 Å². The lowest BCUT2D eigenvalue weighted by molar-refractivity contribution is 0.590. The average molecular weight is 301 g/mol. The van der Waals surface area contributed by atoms with Crippen LogP contribution in [0.15, 0.2) is 65.2 Å². The van der Waals surface area contributed by atoms with Gasteiger partial charge in [0.15, 0.2) is 0 Å². The fourth-order valence-corrected chi connectivity index (χ4v) is 2.99.